The second kappa shape index (κ2) is 13.0. The molecule has 0 atom stereocenters. The number of hydrogen-bond acceptors (Lipinski definition) is 7. The first kappa shape index (κ1) is 27.1. The molecule has 7 heteroatoms. The Bertz CT molecular complexity index is 1400. The van der Waals surface area contributed by atoms with Crippen molar-refractivity contribution in [2.24, 2.45) is 0 Å². The molecule has 0 radical (unpaired) electrons. The van der Waals surface area contributed by atoms with Crippen molar-refractivity contribution in [3.05, 3.63) is 82.7 Å². The number of benzene rings is 3. The summed E-state index contributed by atoms with van der Waals surface area (Å²) in [6, 6.07) is 17.9. The number of hydrogen-bond donors (Lipinski definition) is 2. The van der Waals surface area contributed by atoms with Gasteiger partial charge >= 0.3 is 0 Å². The highest BCUT2D eigenvalue weighted by atomic mass is 16.5. The minimum atomic E-state index is -0.359. The maximum Gasteiger partial charge on any atom is 0.204 e. The molecule has 0 amide bonds. The average Bonchev–Trinajstić information content (AvgIpc) is 2.92. The molecule has 38 heavy (non-hydrogen) atoms. The monoisotopic (exact) mass is 517 g/mol. The SMILES string of the molecule is CCN(CCCCCCOc1ccc(-c2coc3cc(O)cc(O)c3c2=O)cc1)Cc1ccccc1OC. The van der Waals surface area contributed by atoms with E-state index in [2.05, 4.69) is 24.0 Å². The van der Waals surface area contributed by atoms with Crippen LogP contribution in [0.25, 0.3) is 22.1 Å². The zero-order chi connectivity index (χ0) is 26.9. The molecule has 1 heterocycles. The van der Waals surface area contributed by atoms with E-state index in [1.165, 1.54) is 17.9 Å². The van der Waals surface area contributed by atoms with E-state index in [-0.39, 0.29) is 27.9 Å². The second-order valence-electron chi connectivity index (χ2n) is 9.28. The molecule has 0 spiro atoms. The van der Waals surface area contributed by atoms with Crippen LogP contribution in [0.5, 0.6) is 23.0 Å². The van der Waals surface area contributed by atoms with Gasteiger partial charge < -0.3 is 24.1 Å². The number of methoxy groups -OCH3 is 1. The average molecular weight is 518 g/mol. The van der Waals surface area contributed by atoms with Gasteiger partial charge in [-0.1, -0.05) is 50.1 Å². The fraction of sp³-hybridized carbons (Fsp3) is 0.323. The van der Waals surface area contributed by atoms with Crippen molar-refractivity contribution in [1.82, 2.24) is 4.90 Å². The number of unbranched alkanes of at least 4 members (excludes halogenated alkanes) is 3. The number of ether oxygens (including phenoxy) is 2. The number of fused-ring (bicyclic) bond motifs is 1. The molecular formula is C31H35NO6. The molecule has 2 N–H and O–H groups in total. The molecule has 0 aliphatic heterocycles. The smallest absolute Gasteiger partial charge is 0.204 e. The zero-order valence-corrected chi connectivity index (χ0v) is 22.0. The van der Waals surface area contributed by atoms with Crippen LogP contribution in [0.3, 0.4) is 0 Å². The summed E-state index contributed by atoms with van der Waals surface area (Å²) in [7, 11) is 1.72. The van der Waals surface area contributed by atoms with Crippen molar-refractivity contribution in [3.8, 4) is 34.1 Å². The first-order valence-electron chi connectivity index (χ1n) is 13.0. The Morgan fingerprint density at radius 2 is 1.71 bits per heavy atom. The van der Waals surface area contributed by atoms with Crippen LogP contribution < -0.4 is 14.9 Å². The van der Waals surface area contributed by atoms with Crippen LogP contribution in [-0.2, 0) is 6.54 Å². The van der Waals surface area contributed by atoms with Crippen LogP contribution >= 0.6 is 0 Å². The Balaban J connectivity index is 1.21. The highest BCUT2D eigenvalue weighted by molar-refractivity contribution is 5.88. The van der Waals surface area contributed by atoms with E-state index in [9.17, 15) is 15.0 Å². The van der Waals surface area contributed by atoms with Crippen molar-refractivity contribution in [3.63, 3.8) is 0 Å². The lowest BCUT2D eigenvalue weighted by Gasteiger charge is -2.21. The third kappa shape index (κ3) is 6.66. The van der Waals surface area contributed by atoms with Gasteiger partial charge in [-0.2, -0.15) is 0 Å². The molecule has 0 unspecified atom stereocenters. The van der Waals surface area contributed by atoms with E-state index in [0.29, 0.717) is 17.7 Å². The molecule has 0 bridgehead atoms. The molecule has 3 aromatic carbocycles. The Labute approximate surface area is 222 Å². The zero-order valence-electron chi connectivity index (χ0n) is 22.0. The summed E-state index contributed by atoms with van der Waals surface area (Å²) in [5.74, 6) is 1.20. The molecule has 1 aromatic heterocycles. The van der Waals surface area contributed by atoms with Gasteiger partial charge in [0.25, 0.3) is 0 Å². The Hall–Kier alpha value is -3.97. The summed E-state index contributed by atoms with van der Waals surface area (Å²) in [6.07, 6.45) is 5.70. The molecule has 7 nitrogen and oxygen atoms in total. The maximum atomic E-state index is 12.9. The predicted molar refractivity (Wildman–Crippen MR) is 149 cm³/mol. The van der Waals surface area contributed by atoms with Crippen molar-refractivity contribution >= 4 is 11.0 Å². The highest BCUT2D eigenvalue weighted by Crippen LogP contribution is 2.30. The van der Waals surface area contributed by atoms with Crippen LogP contribution in [-0.4, -0.2) is 41.9 Å². The van der Waals surface area contributed by atoms with E-state index < -0.39 is 0 Å². The number of rotatable bonds is 13. The Morgan fingerprint density at radius 1 is 0.947 bits per heavy atom. The number of aromatic hydroxyl groups is 2. The molecule has 4 aromatic rings. The highest BCUT2D eigenvalue weighted by Gasteiger charge is 2.14. The van der Waals surface area contributed by atoms with Gasteiger partial charge in [-0.25, -0.2) is 0 Å². The normalized spacial score (nSPS) is 11.2. The van der Waals surface area contributed by atoms with Crippen molar-refractivity contribution in [2.45, 2.75) is 39.2 Å². The van der Waals surface area contributed by atoms with Gasteiger partial charge in [0.05, 0.1) is 19.3 Å². The molecule has 0 aliphatic carbocycles. The molecule has 0 saturated heterocycles. The minimum Gasteiger partial charge on any atom is -0.508 e. The third-order valence-electron chi connectivity index (χ3n) is 6.68. The molecule has 0 fully saturated rings. The summed E-state index contributed by atoms with van der Waals surface area (Å²) in [5, 5.41) is 19.7. The van der Waals surface area contributed by atoms with Crippen LogP contribution in [0.1, 0.15) is 38.2 Å². The number of phenolic OH excluding ortho intramolecular Hbond substituents is 2. The van der Waals surface area contributed by atoms with Crippen LogP contribution in [0.2, 0.25) is 0 Å². The number of phenols is 2. The van der Waals surface area contributed by atoms with Gasteiger partial charge in [0.15, 0.2) is 0 Å². The van der Waals surface area contributed by atoms with Crippen LogP contribution in [0.4, 0.5) is 0 Å². The topological polar surface area (TPSA) is 92.4 Å². The minimum absolute atomic E-state index is 0.0440. The summed E-state index contributed by atoms with van der Waals surface area (Å²) in [4.78, 5) is 15.3. The molecule has 4 rings (SSSR count). The van der Waals surface area contributed by atoms with E-state index in [1.54, 1.807) is 19.2 Å². The molecule has 200 valence electrons. The van der Waals surface area contributed by atoms with Gasteiger partial charge in [-0.3, -0.25) is 9.69 Å². The van der Waals surface area contributed by atoms with E-state index in [4.69, 9.17) is 13.9 Å². The van der Waals surface area contributed by atoms with Gasteiger partial charge in [-0.05, 0) is 49.7 Å². The van der Waals surface area contributed by atoms with Gasteiger partial charge in [0.1, 0.15) is 40.2 Å². The first-order chi connectivity index (χ1) is 18.5. The summed E-state index contributed by atoms with van der Waals surface area (Å²) in [5.41, 5.74) is 1.99. The van der Waals surface area contributed by atoms with Crippen LogP contribution in [0, 0.1) is 0 Å². The predicted octanol–water partition coefficient (Wildman–Crippen LogP) is 6.34. The fourth-order valence-electron chi connectivity index (χ4n) is 4.55. The number of para-hydroxylation sites is 1. The quantitative estimate of drug-likeness (QED) is 0.200. The standard InChI is InChI=1S/C31H35NO6/c1-3-32(20-23-10-6-7-11-28(23)36-2)16-8-4-5-9-17-37-25-14-12-22(13-15-25)26-21-38-29-19-24(33)18-27(34)30(29)31(26)35/h6-7,10-15,18-19,21,33-34H,3-5,8-9,16-17,20H2,1-2H3. The second-order valence-corrected chi connectivity index (χ2v) is 9.28. The third-order valence-corrected chi connectivity index (χ3v) is 6.68. The summed E-state index contributed by atoms with van der Waals surface area (Å²) in [6.45, 7) is 5.78. The van der Waals surface area contributed by atoms with Crippen molar-refractivity contribution < 1.29 is 24.1 Å². The molecule has 0 saturated carbocycles. The summed E-state index contributed by atoms with van der Waals surface area (Å²) < 4.78 is 16.9. The largest absolute Gasteiger partial charge is 0.508 e. The van der Waals surface area contributed by atoms with Gasteiger partial charge in [-0.15, -0.1) is 0 Å². The lowest BCUT2D eigenvalue weighted by Crippen LogP contribution is -2.24. The van der Waals surface area contributed by atoms with Crippen molar-refractivity contribution in [1.29, 1.82) is 0 Å². The lowest BCUT2D eigenvalue weighted by molar-refractivity contribution is 0.263. The fourth-order valence-corrected chi connectivity index (χ4v) is 4.55. The lowest BCUT2D eigenvalue weighted by atomic mass is 10.0. The van der Waals surface area contributed by atoms with E-state index in [0.717, 1.165) is 62.9 Å². The van der Waals surface area contributed by atoms with E-state index in [1.807, 2.05) is 24.3 Å². The van der Waals surface area contributed by atoms with E-state index >= 15 is 0 Å². The van der Waals surface area contributed by atoms with Crippen LogP contribution in [0.15, 0.2) is 76.1 Å². The Morgan fingerprint density at radius 3 is 2.47 bits per heavy atom. The molecule has 0 aliphatic rings. The summed E-state index contributed by atoms with van der Waals surface area (Å²) >= 11 is 0. The van der Waals surface area contributed by atoms with Gasteiger partial charge in [0.2, 0.25) is 5.43 Å². The van der Waals surface area contributed by atoms with Crippen molar-refractivity contribution in [2.75, 3.05) is 26.8 Å². The van der Waals surface area contributed by atoms with Gasteiger partial charge in [0, 0.05) is 24.2 Å². The Kier molecular flexibility index (Phi) is 9.27. The maximum absolute atomic E-state index is 12.9. The molecular weight excluding hydrogens is 482 g/mol. The first-order valence-corrected chi connectivity index (χ1v) is 13.0. The number of nitrogens with zero attached hydrogens (tertiary/aromatic N) is 1.